The third kappa shape index (κ3) is 2.96. The molecule has 0 saturated carbocycles. The fourth-order valence-electron chi connectivity index (χ4n) is 2.82. The van der Waals surface area contributed by atoms with Crippen LogP contribution < -0.4 is 10.2 Å². The molecule has 0 atom stereocenters. The normalized spacial score (nSPS) is 14.2. The van der Waals surface area contributed by atoms with Gasteiger partial charge in [-0.1, -0.05) is 0 Å². The largest absolute Gasteiger partial charge is 0.372 e. The van der Waals surface area contributed by atoms with Gasteiger partial charge in [0.1, 0.15) is 0 Å². The molecule has 1 aliphatic heterocycles. The minimum Gasteiger partial charge on any atom is -0.372 e. The van der Waals surface area contributed by atoms with Crippen LogP contribution in [0.25, 0.3) is 0 Å². The molecule has 0 aliphatic carbocycles. The number of hydrogen-bond donors (Lipinski definition) is 1. The van der Waals surface area contributed by atoms with E-state index in [0.29, 0.717) is 5.56 Å². The molecule has 2 heterocycles. The number of aromatic nitrogens is 1. The van der Waals surface area contributed by atoms with Crippen molar-refractivity contribution in [3.05, 3.63) is 53.3 Å². The van der Waals surface area contributed by atoms with Gasteiger partial charge in [0, 0.05) is 41.9 Å². The number of amides is 1. The number of rotatable bonds is 3. The second-order valence-corrected chi connectivity index (χ2v) is 5.76. The molecular formula is C18H21N3O. The summed E-state index contributed by atoms with van der Waals surface area (Å²) in [6, 6.07) is 9.84. The Morgan fingerprint density at radius 1 is 1.09 bits per heavy atom. The summed E-state index contributed by atoms with van der Waals surface area (Å²) in [6.45, 7) is 6.09. The second kappa shape index (κ2) is 6.18. The summed E-state index contributed by atoms with van der Waals surface area (Å²) in [5, 5.41) is 2.96. The van der Waals surface area contributed by atoms with Crippen molar-refractivity contribution >= 4 is 17.3 Å². The van der Waals surface area contributed by atoms with Crippen LogP contribution in [-0.2, 0) is 0 Å². The Labute approximate surface area is 131 Å². The molecule has 2 aromatic rings. The molecule has 1 aromatic carbocycles. The average Bonchev–Trinajstić information content (AvgIpc) is 3.05. The Kier molecular flexibility index (Phi) is 4.09. The quantitative estimate of drug-likeness (QED) is 0.942. The lowest BCUT2D eigenvalue weighted by molar-refractivity contribution is 0.102. The summed E-state index contributed by atoms with van der Waals surface area (Å²) in [5.74, 6) is -0.0862. The minimum atomic E-state index is -0.0862. The Morgan fingerprint density at radius 2 is 1.77 bits per heavy atom. The molecule has 3 rings (SSSR count). The van der Waals surface area contributed by atoms with Crippen LogP contribution in [0.5, 0.6) is 0 Å². The molecule has 1 aromatic heterocycles. The third-order valence-electron chi connectivity index (χ3n) is 4.30. The first-order valence-electron chi connectivity index (χ1n) is 7.74. The smallest absolute Gasteiger partial charge is 0.256 e. The monoisotopic (exact) mass is 295 g/mol. The summed E-state index contributed by atoms with van der Waals surface area (Å²) >= 11 is 0. The molecule has 1 amide bonds. The van der Waals surface area contributed by atoms with E-state index in [9.17, 15) is 4.79 Å². The van der Waals surface area contributed by atoms with Gasteiger partial charge in [0.05, 0.1) is 0 Å². The number of benzene rings is 1. The van der Waals surface area contributed by atoms with Crippen molar-refractivity contribution < 1.29 is 4.79 Å². The van der Waals surface area contributed by atoms with Gasteiger partial charge in [-0.3, -0.25) is 9.78 Å². The van der Waals surface area contributed by atoms with E-state index in [1.807, 2.05) is 26.0 Å². The highest BCUT2D eigenvalue weighted by Crippen LogP contribution is 2.22. The molecule has 0 bridgehead atoms. The van der Waals surface area contributed by atoms with Crippen molar-refractivity contribution in [2.45, 2.75) is 26.7 Å². The van der Waals surface area contributed by atoms with E-state index in [2.05, 4.69) is 27.3 Å². The molecule has 1 aliphatic rings. The molecule has 0 spiro atoms. The van der Waals surface area contributed by atoms with Crippen molar-refractivity contribution in [1.29, 1.82) is 0 Å². The molecule has 0 radical (unpaired) electrons. The SMILES string of the molecule is Cc1nccc(C(=O)Nc2ccc(N3CCCC3)cc2)c1C. The van der Waals surface area contributed by atoms with E-state index in [1.54, 1.807) is 12.3 Å². The van der Waals surface area contributed by atoms with Crippen molar-refractivity contribution in [3.8, 4) is 0 Å². The predicted molar refractivity (Wildman–Crippen MR) is 89.6 cm³/mol. The highest BCUT2D eigenvalue weighted by Gasteiger charge is 2.13. The number of aryl methyl sites for hydroxylation is 1. The van der Waals surface area contributed by atoms with E-state index in [-0.39, 0.29) is 5.91 Å². The number of nitrogens with zero attached hydrogens (tertiary/aromatic N) is 2. The van der Waals surface area contributed by atoms with E-state index in [1.165, 1.54) is 18.5 Å². The number of hydrogen-bond acceptors (Lipinski definition) is 3. The Balaban J connectivity index is 1.72. The van der Waals surface area contributed by atoms with Gasteiger partial charge in [-0.05, 0) is 62.6 Å². The van der Waals surface area contributed by atoms with Crippen LogP contribution in [0.15, 0.2) is 36.5 Å². The molecule has 114 valence electrons. The second-order valence-electron chi connectivity index (χ2n) is 5.76. The van der Waals surface area contributed by atoms with Crippen LogP contribution in [0.3, 0.4) is 0 Å². The number of carbonyl (C=O) groups excluding carboxylic acids is 1. The maximum Gasteiger partial charge on any atom is 0.256 e. The highest BCUT2D eigenvalue weighted by molar-refractivity contribution is 6.05. The van der Waals surface area contributed by atoms with E-state index in [4.69, 9.17) is 0 Å². The Hall–Kier alpha value is -2.36. The number of anilines is 2. The molecule has 1 saturated heterocycles. The molecule has 1 N–H and O–H groups in total. The van der Waals surface area contributed by atoms with Crippen molar-refractivity contribution in [3.63, 3.8) is 0 Å². The van der Waals surface area contributed by atoms with E-state index < -0.39 is 0 Å². The van der Waals surface area contributed by atoms with Crippen molar-refractivity contribution in [1.82, 2.24) is 4.98 Å². The molecule has 1 fully saturated rings. The van der Waals surface area contributed by atoms with Gasteiger partial charge in [0.15, 0.2) is 0 Å². The van der Waals surface area contributed by atoms with E-state index in [0.717, 1.165) is 30.0 Å². The van der Waals surface area contributed by atoms with Gasteiger partial charge < -0.3 is 10.2 Å². The van der Waals surface area contributed by atoms with Gasteiger partial charge in [-0.25, -0.2) is 0 Å². The lowest BCUT2D eigenvalue weighted by Gasteiger charge is -2.18. The first kappa shape index (κ1) is 14.6. The Bertz CT molecular complexity index is 673. The fraction of sp³-hybridized carbons (Fsp3) is 0.333. The minimum absolute atomic E-state index is 0.0862. The summed E-state index contributed by atoms with van der Waals surface area (Å²) < 4.78 is 0. The van der Waals surface area contributed by atoms with Crippen LogP contribution in [0.2, 0.25) is 0 Å². The molecule has 4 heteroatoms. The van der Waals surface area contributed by atoms with Gasteiger partial charge in [-0.15, -0.1) is 0 Å². The average molecular weight is 295 g/mol. The first-order valence-corrected chi connectivity index (χ1v) is 7.74. The lowest BCUT2D eigenvalue weighted by Crippen LogP contribution is -2.18. The highest BCUT2D eigenvalue weighted by atomic mass is 16.1. The van der Waals surface area contributed by atoms with Crippen LogP contribution in [0, 0.1) is 13.8 Å². The maximum absolute atomic E-state index is 12.4. The topological polar surface area (TPSA) is 45.2 Å². The van der Waals surface area contributed by atoms with Crippen LogP contribution in [-0.4, -0.2) is 24.0 Å². The summed E-state index contributed by atoms with van der Waals surface area (Å²) in [6.07, 6.45) is 4.20. The maximum atomic E-state index is 12.4. The molecule has 0 unspecified atom stereocenters. The van der Waals surface area contributed by atoms with Gasteiger partial charge in [-0.2, -0.15) is 0 Å². The summed E-state index contributed by atoms with van der Waals surface area (Å²) in [5.41, 5.74) is 4.54. The molecular weight excluding hydrogens is 274 g/mol. The van der Waals surface area contributed by atoms with Crippen molar-refractivity contribution in [2.24, 2.45) is 0 Å². The van der Waals surface area contributed by atoms with Crippen LogP contribution in [0.1, 0.15) is 34.5 Å². The van der Waals surface area contributed by atoms with Gasteiger partial charge >= 0.3 is 0 Å². The standard InChI is InChI=1S/C18H21N3O/c1-13-14(2)19-10-9-17(13)18(22)20-15-5-7-16(8-6-15)21-11-3-4-12-21/h5-10H,3-4,11-12H2,1-2H3,(H,20,22). The number of nitrogens with one attached hydrogen (secondary N) is 1. The number of pyridine rings is 1. The zero-order valence-corrected chi connectivity index (χ0v) is 13.1. The van der Waals surface area contributed by atoms with Gasteiger partial charge in [0.2, 0.25) is 0 Å². The lowest BCUT2D eigenvalue weighted by atomic mass is 10.1. The molecule has 22 heavy (non-hydrogen) atoms. The van der Waals surface area contributed by atoms with Crippen LogP contribution in [0.4, 0.5) is 11.4 Å². The van der Waals surface area contributed by atoms with Crippen LogP contribution >= 0.6 is 0 Å². The number of carbonyl (C=O) groups is 1. The zero-order valence-electron chi connectivity index (χ0n) is 13.1. The fourth-order valence-corrected chi connectivity index (χ4v) is 2.82. The summed E-state index contributed by atoms with van der Waals surface area (Å²) in [7, 11) is 0. The van der Waals surface area contributed by atoms with Gasteiger partial charge in [0.25, 0.3) is 5.91 Å². The summed E-state index contributed by atoms with van der Waals surface area (Å²) in [4.78, 5) is 19.0. The third-order valence-corrected chi connectivity index (χ3v) is 4.30. The molecule has 4 nitrogen and oxygen atoms in total. The first-order chi connectivity index (χ1) is 10.6. The van der Waals surface area contributed by atoms with E-state index >= 15 is 0 Å². The predicted octanol–water partition coefficient (Wildman–Crippen LogP) is 3.55. The Morgan fingerprint density at radius 3 is 2.45 bits per heavy atom. The van der Waals surface area contributed by atoms with Crippen molar-refractivity contribution in [2.75, 3.05) is 23.3 Å². The zero-order chi connectivity index (χ0) is 15.5.